The van der Waals surface area contributed by atoms with Crippen LogP contribution in [0.5, 0.6) is 0 Å². The van der Waals surface area contributed by atoms with Crippen molar-refractivity contribution < 1.29 is 4.79 Å². The summed E-state index contributed by atoms with van der Waals surface area (Å²) in [5, 5.41) is 0.853. The molecular formula is C16H29NOS. The van der Waals surface area contributed by atoms with Crippen molar-refractivity contribution in [3.8, 4) is 0 Å². The number of nitrogens with zero attached hydrogens (tertiary/aromatic N) is 1. The monoisotopic (exact) mass is 283 g/mol. The average molecular weight is 283 g/mol. The van der Waals surface area contributed by atoms with Gasteiger partial charge in [-0.2, -0.15) is 11.8 Å². The van der Waals surface area contributed by atoms with Gasteiger partial charge in [0.05, 0.1) is 0 Å². The predicted molar refractivity (Wildman–Crippen MR) is 83.7 cm³/mol. The topological polar surface area (TPSA) is 20.3 Å². The van der Waals surface area contributed by atoms with Crippen molar-refractivity contribution in [1.82, 2.24) is 4.90 Å². The van der Waals surface area contributed by atoms with E-state index in [1.165, 1.54) is 38.8 Å². The van der Waals surface area contributed by atoms with Gasteiger partial charge in [-0.05, 0) is 50.9 Å². The lowest BCUT2D eigenvalue weighted by Crippen LogP contribution is -2.41. The van der Waals surface area contributed by atoms with Crippen molar-refractivity contribution in [2.45, 2.75) is 57.1 Å². The second-order valence-corrected chi connectivity index (χ2v) is 7.47. The lowest BCUT2D eigenvalue weighted by Gasteiger charge is -2.36. The van der Waals surface area contributed by atoms with Gasteiger partial charge in [0.2, 0.25) is 0 Å². The molecule has 2 atom stereocenters. The number of rotatable bonds is 5. The van der Waals surface area contributed by atoms with Crippen LogP contribution in [0.4, 0.5) is 0 Å². The molecule has 110 valence electrons. The minimum absolute atomic E-state index is 0.344. The fraction of sp³-hybridized carbons (Fsp3) is 0.938. The van der Waals surface area contributed by atoms with E-state index in [4.69, 9.17) is 0 Å². The summed E-state index contributed by atoms with van der Waals surface area (Å²) in [4.78, 5) is 14.7. The SMILES string of the molecule is CCCC1CCC(=O)C(CN2CCC(SC)CC2)C1. The Balaban J connectivity index is 1.79. The van der Waals surface area contributed by atoms with Gasteiger partial charge in [-0.15, -0.1) is 0 Å². The molecule has 0 N–H and O–H groups in total. The molecule has 1 heterocycles. The van der Waals surface area contributed by atoms with E-state index in [9.17, 15) is 4.79 Å². The number of ketones is 1. The fourth-order valence-corrected chi connectivity index (χ4v) is 4.37. The van der Waals surface area contributed by atoms with Crippen molar-refractivity contribution in [3.05, 3.63) is 0 Å². The molecule has 0 aromatic rings. The number of likely N-dealkylation sites (tertiary alicyclic amines) is 1. The van der Waals surface area contributed by atoms with E-state index in [0.29, 0.717) is 11.7 Å². The summed E-state index contributed by atoms with van der Waals surface area (Å²) in [6, 6.07) is 0. The van der Waals surface area contributed by atoms with Crippen LogP contribution in [0.2, 0.25) is 0 Å². The first-order valence-electron chi connectivity index (χ1n) is 8.00. The molecule has 0 aromatic heterocycles. The standard InChI is InChI=1S/C16H29NOS/c1-3-4-13-5-6-16(18)14(11-13)12-17-9-7-15(19-2)8-10-17/h13-15H,3-12H2,1-2H3. The molecule has 1 aliphatic heterocycles. The van der Waals surface area contributed by atoms with Gasteiger partial charge in [-0.1, -0.05) is 19.8 Å². The van der Waals surface area contributed by atoms with Crippen LogP contribution in [-0.4, -0.2) is 41.8 Å². The maximum absolute atomic E-state index is 12.1. The van der Waals surface area contributed by atoms with Gasteiger partial charge in [0.15, 0.2) is 0 Å². The van der Waals surface area contributed by atoms with Gasteiger partial charge in [0.25, 0.3) is 0 Å². The van der Waals surface area contributed by atoms with Crippen molar-refractivity contribution in [2.24, 2.45) is 11.8 Å². The molecule has 19 heavy (non-hydrogen) atoms. The Morgan fingerprint density at radius 2 is 2.00 bits per heavy atom. The summed E-state index contributed by atoms with van der Waals surface area (Å²) in [6.07, 6.45) is 10.6. The van der Waals surface area contributed by atoms with Gasteiger partial charge >= 0.3 is 0 Å². The number of Topliss-reactive ketones (excluding diaryl/α,β-unsaturated/α-hetero) is 1. The molecule has 2 aliphatic rings. The highest BCUT2D eigenvalue weighted by atomic mass is 32.2. The zero-order valence-electron chi connectivity index (χ0n) is 12.6. The summed E-state index contributed by atoms with van der Waals surface area (Å²) in [5.74, 6) is 1.70. The predicted octanol–water partition coefficient (Wildman–Crippen LogP) is 3.60. The normalized spacial score (nSPS) is 30.7. The molecule has 2 nitrogen and oxygen atoms in total. The van der Waals surface area contributed by atoms with Gasteiger partial charge in [0.1, 0.15) is 5.78 Å². The zero-order chi connectivity index (χ0) is 13.7. The molecule has 1 saturated heterocycles. The van der Waals surface area contributed by atoms with Crippen molar-refractivity contribution in [2.75, 3.05) is 25.9 Å². The third-order valence-electron chi connectivity index (χ3n) is 4.92. The average Bonchev–Trinajstić information content (AvgIpc) is 2.44. The van der Waals surface area contributed by atoms with E-state index in [2.05, 4.69) is 18.1 Å². The smallest absolute Gasteiger partial charge is 0.137 e. The first-order valence-corrected chi connectivity index (χ1v) is 9.29. The maximum Gasteiger partial charge on any atom is 0.137 e. The lowest BCUT2D eigenvalue weighted by molar-refractivity contribution is -0.126. The molecule has 0 spiro atoms. The second-order valence-electron chi connectivity index (χ2n) is 6.33. The molecule has 1 aliphatic carbocycles. The summed E-state index contributed by atoms with van der Waals surface area (Å²) < 4.78 is 0. The van der Waals surface area contributed by atoms with Gasteiger partial charge in [-0.3, -0.25) is 4.79 Å². The Hall–Kier alpha value is -0.0200. The van der Waals surface area contributed by atoms with E-state index >= 15 is 0 Å². The number of hydrogen-bond donors (Lipinski definition) is 0. The molecule has 0 bridgehead atoms. The molecule has 0 aromatic carbocycles. The molecule has 3 heteroatoms. The summed E-state index contributed by atoms with van der Waals surface area (Å²) in [5.41, 5.74) is 0. The Morgan fingerprint density at radius 3 is 2.63 bits per heavy atom. The van der Waals surface area contributed by atoms with Gasteiger partial charge in [-0.25, -0.2) is 0 Å². The molecule has 1 saturated carbocycles. The number of piperidine rings is 1. The number of carbonyl (C=O) groups excluding carboxylic acids is 1. The molecule has 2 unspecified atom stereocenters. The molecule has 0 radical (unpaired) electrons. The minimum atomic E-state index is 0.344. The first kappa shape index (κ1) is 15.4. The van der Waals surface area contributed by atoms with Crippen molar-refractivity contribution in [3.63, 3.8) is 0 Å². The number of carbonyl (C=O) groups is 1. The van der Waals surface area contributed by atoms with Crippen LogP contribution in [0.25, 0.3) is 0 Å². The highest BCUT2D eigenvalue weighted by molar-refractivity contribution is 7.99. The zero-order valence-corrected chi connectivity index (χ0v) is 13.4. The van der Waals surface area contributed by atoms with E-state index in [1.807, 2.05) is 11.8 Å². The summed E-state index contributed by atoms with van der Waals surface area (Å²) in [6.45, 7) is 5.71. The fourth-order valence-electron chi connectivity index (χ4n) is 3.69. The van der Waals surface area contributed by atoms with Gasteiger partial charge < -0.3 is 4.90 Å². The highest BCUT2D eigenvalue weighted by Gasteiger charge is 2.30. The van der Waals surface area contributed by atoms with Crippen LogP contribution in [0, 0.1) is 11.8 Å². The van der Waals surface area contributed by atoms with E-state index in [1.54, 1.807) is 0 Å². The summed E-state index contributed by atoms with van der Waals surface area (Å²) >= 11 is 2.01. The van der Waals surface area contributed by atoms with Crippen LogP contribution in [0.3, 0.4) is 0 Å². The second kappa shape index (κ2) is 7.68. The highest BCUT2D eigenvalue weighted by Crippen LogP contribution is 2.31. The quantitative estimate of drug-likeness (QED) is 0.769. The van der Waals surface area contributed by atoms with E-state index in [-0.39, 0.29) is 0 Å². The first-order chi connectivity index (χ1) is 9.22. The molecule has 2 rings (SSSR count). The third kappa shape index (κ3) is 4.49. The van der Waals surface area contributed by atoms with E-state index in [0.717, 1.165) is 37.0 Å². The Morgan fingerprint density at radius 1 is 1.26 bits per heavy atom. The number of hydrogen-bond acceptors (Lipinski definition) is 3. The lowest BCUT2D eigenvalue weighted by atomic mass is 9.78. The Kier molecular flexibility index (Phi) is 6.21. The summed E-state index contributed by atoms with van der Waals surface area (Å²) in [7, 11) is 0. The van der Waals surface area contributed by atoms with Crippen molar-refractivity contribution >= 4 is 17.5 Å². The largest absolute Gasteiger partial charge is 0.303 e. The van der Waals surface area contributed by atoms with Crippen LogP contribution < -0.4 is 0 Å². The minimum Gasteiger partial charge on any atom is -0.303 e. The van der Waals surface area contributed by atoms with Crippen LogP contribution in [0.15, 0.2) is 0 Å². The third-order valence-corrected chi connectivity index (χ3v) is 6.05. The molecular weight excluding hydrogens is 254 g/mol. The van der Waals surface area contributed by atoms with Crippen LogP contribution in [0.1, 0.15) is 51.9 Å². The maximum atomic E-state index is 12.1. The van der Waals surface area contributed by atoms with E-state index < -0.39 is 0 Å². The Bertz CT molecular complexity index is 286. The van der Waals surface area contributed by atoms with Crippen LogP contribution in [-0.2, 0) is 4.79 Å². The number of thioether (sulfide) groups is 1. The van der Waals surface area contributed by atoms with Gasteiger partial charge in [0, 0.05) is 24.1 Å². The molecule has 0 amide bonds. The van der Waals surface area contributed by atoms with Crippen molar-refractivity contribution in [1.29, 1.82) is 0 Å². The Labute approximate surface area is 122 Å². The van der Waals surface area contributed by atoms with Crippen LogP contribution >= 0.6 is 11.8 Å². The molecule has 2 fully saturated rings.